The summed E-state index contributed by atoms with van der Waals surface area (Å²) in [5.74, 6) is -0.576. The van der Waals surface area contributed by atoms with E-state index in [-0.39, 0.29) is 11.8 Å². The first-order valence-electron chi connectivity index (χ1n) is 6.90. The maximum atomic E-state index is 12.5. The number of amides is 1. The van der Waals surface area contributed by atoms with Crippen LogP contribution in [0.1, 0.15) is 47.5 Å². The van der Waals surface area contributed by atoms with Crippen LogP contribution in [0.25, 0.3) is 0 Å². The molecule has 0 aromatic rings. The maximum absolute atomic E-state index is 12.5. The van der Waals surface area contributed by atoms with Gasteiger partial charge in [0, 0.05) is 0 Å². The predicted molar refractivity (Wildman–Crippen MR) is 80.8 cm³/mol. The second kappa shape index (κ2) is 5.57. The molecule has 2 atom stereocenters. The Morgan fingerprint density at radius 2 is 1.81 bits per heavy atom. The molecule has 1 rings (SSSR count). The zero-order chi connectivity index (χ0) is 16.6. The van der Waals surface area contributed by atoms with Crippen molar-refractivity contribution in [2.24, 2.45) is 11.7 Å². The molecular formula is C13H25N3O4S. The largest absolute Gasteiger partial charge is 0.444 e. The molecule has 7 nitrogen and oxygen atoms in total. The van der Waals surface area contributed by atoms with Crippen LogP contribution in [-0.2, 0) is 14.6 Å². The molecule has 0 saturated heterocycles. The molecule has 1 aliphatic rings. The number of hydrogen-bond acceptors (Lipinski definition) is 6. The third-order valence-corrected chi connectivity index (χ3v) is 6.26. The van der Waals surface area contributed by atoms with E-state index < -0.39 is 31.7 Å². The van der Waals surface area contributed by atoms with E-state index in [1.807, 2.05) is 0 Å². The summed E-state index contributed by atoms with van der Waals surface area (Å²) in [7, 11) is -3.78. The van der Waals surface area contributed by atoms with Crippen LogP contribution >= 0.6 is 0 Å². The molecule has 0 aromatic carbocycles. The molecule has 8 heteroatoms. The molecule has 1 aliphatic carbocycles. The lowest BCUT2D eigenvalue weighted by atomic mass is 10.0. The van der Waals surface area contributed by atoms with Gasteiger partial charge in [0.25, 0.3) is 0 Å². The Bertz CT molecular complexity index is 532. The summed E-state index contributed by atoms with van der Waals surface area (Å²) in [6, 6.07) is 0. The summed E-state index contributed by atoms with van der Waals surface area (Å²) in [5.41, 5.74) is 4.84. The second-order valence-corrected chi connectivity index (χ2v) is 9.32. The summed E-state index contributed by atoms with van der Waals surface area (Å²) >= 11 is 0. The van der Waals surface area contributed by atoms with Crippen LogP contribution in [0, 0.1) is 11.3 Å². The first-order chi connectivity index (χ1) is 9.32. The number of alkyl carbamates (subject to hydrolysis) is 1. The zero-order valence-corrected chi connectivity index (χ0v) is 14.0. The van der Waals surface area contributed by atoms with Gasteiger partial charge in [-0.05, 0) is 53.4 Å². The molecule has 0 radical (unpaired) electrons. The van der Waals surface area contributed by atoms with Crippen molar-refractivity contribution in [3.8, 4) is 0 Å². The standard InChI is InChI=1S/C13H25N3O4S/c1-8(14)21(18,19)13(5,9-6-7-9)10(15)16-11(17)20-12(2,3)4/h8-9H,6-7,14H2,1-5H3,(H2,15,16,17). The second-order valence-electron chi connectivity index (χ2n) is 6.63. The summed E-state index contributed by atoms with van der Waals surface area (Å²) in [5, 5.41) is 9.19. The fourth-order valence-electron chi connectivity index (χ4n) is 2.13. The predicted octanol–water partition coefficient (Wildman–Crippen LogP) is 1.38. The Kier molecular flexibility index (Phi) is 4.74. The number of amidine groups is 1. The summed E-state index contributed by atoms with van der Waals surface area (Å²) in [4.78, 5) is 11.8. The maximum Gasteiger partial charge on any atom is 0.413 e. The molecule has 0 heterocycles. The van der Waals surface area contributed by atoms with E-state index in [2.05, 4.69) is 5.32 Å². The fraction of sp³-hybridized carbons (Fsp3) is 0.846. The molecular weight excluding hydrogens is 294 g/mol. The third-order valence-electron chi connectivity index (χ3n) is 3.56. The zero-order valence-electron chi connectivity index (χ0n) is 13.2. The fourth-order valence-corrected chi connectivity index (χ4v) is 3.94. The number of hydrogen-bond donors (Lipinski definition) is 3. The Morgan fingerprint density at radius 1 is 1.33 bits per heavy atom. The number of nitrogens with two attached hydrogens (primary N) is 1. The van der Waals surface area contributed by atoms with Crippen molar-refractivity contribution in [3.05, 3.63) is 0 Å². The van der Waals surface area contributed by atoms with Crippen molar-refractivity contribution >= 4 is 21.8 Å². The average Bonchev–Trinajstić information content (AvgIpc) is 3.07. The average molecular weight is 319 g/mol. The van der Waals surface area contributed by atoms with E-state index in [9.17, 15) is 13.2 Å². The number of sulfone groups is 1. The Labute approximate surface area is 126 Å². The van der Waals surface area contributed by atoms with Gasteiger partial charge in [0.1, 0.15) is 21.6 Å². The molecule has 0 aliphatic heterocycles. The molecule has 0 bridgehead atoms. The number of carbonyl (C=O) groups excluding carboxylic acids is 1. The molecule has 0 aromatic heterocycles. The SMILES string of the molecule is CC(N)S(=O)(=O)C(C)(C(=N)NC(=O)OC(C)(C)C)C1CC1. The monoisotopic (exact) mass is 319 g/mol. The molecule has 2 unspecified atom stereocenters. The van der Waals surface area contributed by atoms with Gasteiger partial charge in [-0.1, -0.05) is 0 Å². The first kappa shape index (κ1) is 17.9. The van der Waals surface area contributed by atoms with Crippen molar-refractivity contribution in [1.82, 2.24) is 5.32 Å². The van der Waals surface area contributed by atoms with Gasteiger partial charge in [0.05, 0.1) is 0 Å². The normalized spacial score (nSPS) is 20.3. The van der Waals surface area contributed by atoms with Crippen molar-refractivity contribution in [2.45, 2.75) is 63.2 Å². The van der Waals surface area contributed by atoms with Crippen LogP contribution in [0.4, 0.5) is 4.79 Å². The molecule has 0 spiro atoms. The van der Waals surface area contributed by atoms with Gasteiger partial charge in [-0.15, -0.1) is 0 Å². The topological polar surface area (TPSA) is 122 Å². The van der Waals surface area contributed by atoms with Crippen LogP contribution in [0.15, 0.2) is 0 Å². The molecule has 1 amide bonds. The van der Waals surface area contributed by atoms with Crippen LogP contribution in [-0.4, -0.2) is 36.1 Å². The van der Waals surface area contributed by atoms with Crippen molar-refractivity contribution in [3.63, 3.8) is 0 Å². The van der Waals surface area contributed by atoms with Gasteiger partial charge < -0.3 is 10.5 Å². The van der Waals surface area contributed by atoms with Crippen LogP contribution in [0.2, 0.25) is 0 Å². The van der Waals surface area contributed by atoms with Crippen molar-refractivity contribution in [2.75, 3.05) is 0 Å². The lowest BCUT2D eigenvalue weighted by Crippen LogP contribution is -2.57. The number of carbonyl (C=O) groups is 1. The minimum atomic E-state index is -3.78. The minimum Gasteiger partial charge on any atom is -0.444 e. The van der Waals surface area contributed by atoms with Crippen LogP contribution < -0.4 is 11.1 Å². The van der Waals surface area contributed by atoms with Crippen LogP contribution in [0.5, 0.6) is 0 Å². The highest BCUT2D eigenvalue weighted by Gasteiger charge is 2.56. The number of rotatable bonds is 4. The van der Waals surface area contributed by atoms with Crippen LogP contribution in [0.3, 0.4) is 0 Å². The lowest BCUT2D eigenvalue weighted by Gasteiger charge is -2.32. The van der Waals surface area contributed by atoms with E-state index in [0.717, 1.165) is 0 Å². The van der Waals surface area contributed by atoms with E-state index in [4.69, 9.17) is 15.9 Å². The highest BCUT2D eigenvalue weighted by molar-refractivity contribution is 7.94. The summed E-state index contributed by atoms with van der Waals surface area (Å²) < 4.78 is 28.5. The van der Waals surface area contributed by atoms with Gasteiger partial charge in [-0.25, -0.2) is 13.2 Å². The molecule has 1 fully saturated rings. The summed E-state index contributed by atoms with van der Waals surface area (Å²) in [6.07, 6.45) is 0.557. The van der Waals surface area contributed by atoms with E-state index >= 15 is 0 Å². The van der Waals surface area contributed by atoms with Crippen molar-refractivity contribution < 1.29 is 17.9 Å². The Hall–Kier alpha value is -1.15. The van der Waals surface area contributed by atoms with Gasteiger partial charge in [-0.3, -0.25) is 10.7 Å². The van der Waals surface area contributed by atoms with Gasteiger partial charge in [0.2, 0.25) is 0 Å². The molecule has 4 N–H and O–H groups in total. The third kappa shape index (κ3) is 3.74. The molecule has 122 valence electrons. The molecule has 1 saturated carbocycles. The van der Waals surface area contributed by atoms with Gasteiger partial charge >= 0.3 is 6.09 Å². The Balaban J connectivity index is 2.98. The quantitative estimate of drug-likeness (QED) is 0.533. The van der Waals surface area contributed by atoms with Gasteiger partial charge in [-0.2, -0.15) is 0 Å². The van der Waals surface area contributed by atoms with E-state index in [0.29, 0.717) is 12.8 Å². The molecule has 21 heavy (non-hydrogen) atoms. The number of ether oxygens (including phenoxy) is 1. The van der Waals surface area contributed by atoms with E-state index in [1.54, 1.807) is 20.8 Å². The minimum absolute atomic E-state index is 0.198. The highest BCUT2D eigenvalue weighted by atomic mass is 32.2. The number of nitrogens with one attached hydrogen (secondary N) is 2. The summed E-state index contributed by atoms with van der Waals surface area (Å²) in [6.45, 7) is 7.89. The Morgan fingerprint density at radius 3 is 2.14 bits per heavy atom. The smallest absolute Gasteiger partial charge is 0.413 e. The van der Waals surface area contributed by atoms with Crippen molar-refractivity contribution in [1.29, 1.82) is 5.41 Å². The lowest BCUT2D eigenvalue weighted by molar-refractivity contribution is 0.0560. The highest BCUT2D eigenvalue weighted by Crippen LogP contribution is 2.45. The first-order valence-corrected chi connectivity index (χ1v) is 8.45. The van der Waals surface area contributed by atoms with Gasteiger partial charge in [0.15, 0.2) is 9.84 Å². The van der Waals surface area contributed by atoms with E-state index in [1.165, 1.54) is 13.8 Å².